The smallest absolute Gasteiger partial charge is 0.272 e. The molecule has 3 atom stereocenters. The van der Waals surface area contributed by atoms with Crippen molar-refractivity contribution < 1.29 is 22.0 Å². The summed E-state index contributed by atoms with van der Waals surface area (Å²) in [4.78, 5) is 12.6. The minimum atomic E-state index is -1.45. The van der Waals surface area contributed by atoms with Crippen molar-refractivity contribution in [2.75, 3.05) is 4.72 Å². The molecule has 0 radical (unpaired) electrons. The highest BCUT2D eigenvalue weighted by Gasteiger charge is 2.52. The number of halogens is 5. The Kier molecular flexibility index (Phi) is 5.54. The summed E-state index contributed by atoms with van der Waals surface area (Å²) in [6, 6.07) is 9.02. The average Bonchev–Trinajstić information content (AvgIpc) is 3.26. The van der Waals surface area contributed by atoms with Crippen LogP contribution in [0.1, 0.15) is 34.7 Å². The highest BCUT2D eigenvalue weighted by Crippen LogP contribution is 2.59. The molecule has 6 rings (SSSR count). The monoisotopic (exact) mass is 538 g/mol. The Morgan fingerprint density at radius 1 is 1.00 bits per heavy atom. The number of allylic oxidation sites excluding steroid dienone is 2. The Hall–Kier alpha value is -4.17. The molecule has 2 aliphatic rings. The van der Waals surface area contributed by atoms with E-state index in [1.165, 1.54) is 12.1 Å². The number of aromatic nitrogens is 2. The second-order valence-electron chi connectivity index (χ2n) is 9.14. The average molecular weight is 539 g/mol. The summed E-state index contributed by atoms with van der Waals surface area (Å²) in [6.07, 6.45) is 3.50. The van der Waals surface area contributed by atoms with Crippen LogP contribution in [0, 0.1) is 46.3 Å². The van der Waals surface area contributed by atoms with Crippen LogP contribution < -0.4 is 10.3 Å². The molecule has 1 unspecified atom stereocenters. The van der Waals surface area contributed by atoms with E-state index in [1.807, 2.05) is 0 Å². The fraction of sp³-hybridized carbons (Fsp3) is 0.148. The van der Waals surface area contributed by atoms with E-state index in [2.05, 4.69) is 14.9 Å². The first kappa shape index (κ1) is 24.2. The van der Waals surface area contributed by atoms with E-state index < -0.39 is 56.8 Å². The van der Waals surface area contributed by atoms with Crippen molar-refractivity contribution in [3.05, 3.63) is 116 Å². The molecule has 38 heavy (non-hydrogen) atoms. The van der Waals surface area contributed by atoms with E-state index in [1.54, 1.807) is 18.2 Å². The maximum atomic E-state index is 15.3. The Morgan fingerprint density at radius 2 is 1.74 bits per heavy atom. The first-order valence-corrected chi connectivity index (χ1v) is 12.2. The van der Waals surface area contributed by atoms with Crippen molar-refractivity contribution in [2.45, 2.75) is 17.1 Å². The van der Waals surface area contributed by atoms with Crippen LogP contribution in [0.25, 0.3) is 10.8 Å². The Labute approximate surface area is 216 Å². The molecule has 2 N–H and O–H groups in total. The number of hydrogen-bond donors (Lipinski definition) is 2. The quantitative estimate of drug-likeness (QED) is 0.181. The summed E-state index contributed by atoms with van der Waals surface area (Å²) in [5, 5.41) is 16.1. The minimum Gasteiger partial charge on any atom is -0.328 e. The van der Waals surface area contributed by atoms with Gasteiger partial charge in [-0.05, 0) is 48.2 Å². The number of rotatable bonds is 2. The number of aromatic amines is 1. The summed E-state index contributed by atoms with van der Waals surface area (Å²) in [6.45, 7) is 0. The molecule has 0 fully saturated rings. The molecule has 3 aromatic carbocycles. The highest BCUT2D eigenvalue weighted by molar-refractivity contribution is 8.01. The summed E-state index contributed by atoms with van der Waals surface area (Å²) >= 11 is 0.897. The molecular formula is C27H15F5N4OS. The summed E-state index contributed by atoms with van der Waals surface area (Å²) in [5.41, 5.74) is -0.636. The highest BCUT2D eigenvalue weighted by atomic mass is 32.2. The van der Waals surface area contributed by atoms with Gasteiger partial charge in [0.1, 0.15) is 35.2 Å². The zero-order valence-corrected chi connectivity index (χ0v) is 20.0. The maximum Gasteiger partial charge on any atom is 0.272 e. The van der Waals surface area contributed by atoms with Crippen molar-refractivity contribution in [3.8, 4) is 6.07 Å². The van der Waals surface area contributed by atoms with Gasteiger partial charge in [-0.2, -0.15) is 10.4 Å². The van der Waals surface area contributed by atoms with E-state index in [4.69, 9.17) is 0 Å². The second kappa shape index (κ2) is 8.70. The van der Waals surface area contributed by atoms with E-state index in [9.17, 15) is 23.2 Å². The summed E-state index contributed by atoms with van der Waals surface area (Å²) in [5.74, 6) is -6.60. The van der Waals surface area contributed by atoms with E-state index in [-0.39, 0.29) is 34.1 Å². The summed E-state index contributed by atoms with van der Waals surface area (Å²) < 4.78 is 75.5. The zero-order chi connectivity index (χ0) is 26.8. The van der Waals surface area contributed by atoms with Crippen molar-refractivity contribution in [3.63, 3.8) is 0 Å². The van der Waals surface area contributed by atoms with E-state index >= 15 is 8.78 Å². The molecule has 2 heterocycles. The molecule has 4 aromatic rings. The van der Waals surface area contributed by atoms with Crippen molar-refractivity contribution >= 4 is 28.4 Å². The van der Waals surface area contributed by atoms with Gasteiger partial charge in [-0.25, -0.2) is 27.1 Å². The largest absolute Gasteiger partial charge is 0.328 e. The van der Waals surface area contributed by atoms with Gasteiger partial charge in [0.25, 0.3) is 5.56 Å². The van der Waals surface area contributed by atoms with Crippen LogP contribution >= 0.6 is 11.9 Å². The molecule has 5 nitrogen and oxygen atoms in total. The molecule has 1 aliphatic carbocycles. The molecule has 0 amide bonds. The van der Waals surface area contributed by atoms with Gasteiger partial charge in [-0.3, -0.25) is 4.79 Å². The van der Waals surface area contributed by atoms with Gasteiger partial charge in [0, 0.05) is 34.9 Å². The SMILES string of the molecule is N#Cc1ccc([C@H]2c3n[nH]c(=O)c4cc(F)cc(c34)NS[C@@]3(c4c(F)cc(F)cc4F)CC=CC23)cc1F. The number of nitriles is 1. The zero-order valence-electron chi connectivity index (χ0n) is 19.2. The van der Waals surface area contributed by atoms with Gasteiger partial charge in [-0.15, -0.1) is 0 Å². The predicted octanol–water partition coefficient (Wildman–Crippen LogP) is 6.17. The Morgan fingerprint density at radius 3 is 2.45 bits per heavy atom. The van der Waals surface area contributed by atoms with Gasteiger partial charge in [0.2, 0.25) is 0 Å². The number of anilines is 1. The third-order valence-electron chi connectivity index (χ3n) is 7.08. The van der Waals surface area contributed by atoms with E-state index in [0.29, 0.717) is 17.7 Å². The fourth-order valence-corrected chi connectivity index (χ4v) is 6.81. The molecule has 1 aromatic heterocycles. The standard InChI is InChI=1S/C27H15F5N4OS/c28-14-7-16-23-21(10-14)36-38-27(24-19(31)8-15(29)9-20(24)32)5-1-2-17(27)22(25(23)34-35-26(16)37)12-3-4-13(11-33)18(30)6-12/h1-4,6-10,17,22,36H,5H2,(H,35,37)/t17?,22-,27+/m1/s1. The van der Waals surface area contributed by atoms with Crippen LogP contribution in [0.3, 0.4) is 0 Å². The van der Waals surface area contributed by atoms with Gasteiger partial charge < -0.3 is 4.72 Å². The third kappa shape index (κ3) is 3.51. The number of nitrogens with zero attached hydrogens (tertiary/aromatic N) is 2. The molecular weight excluding hydrogens is 523 g/mol. The molecule has 11 heteroatoms. The van der Waals surface area contributed by atoms with Crippen LogP contribution in [0.15, 0.2) is 59.4 Å². The number of fused-ring (bicyclic) bond motifs is 1. The fourth-order valence-electron chi connectivity index (χ4n) is 5.53. The normalized spacial score (nSPS) is 21.9. The van der Waals surface area contributed by atoms with Crippen LogP contribution in [-0.4, -0.2) is 10.2 Å². The maximum absolute atomic E-state index is 15.3. The van der Waals surface area contributed by atoms with Gasteiger partial charge >= 0.3 is 0 Å². The van der Waals surface area contributed by atoms with Gasteiger partial charge in [-0.1, -0.05) is 18.2 Å². The van der Waals surface area contributed by atoms with Crippen molar-refractivity contribution in [2.24, 2.45) is 5.92 Å². The topological polar surface area (TPSA) is 81.6 Å². The molecule has 0 spiro atoms. The van der Waals surface area contributed by atoms with Crippen molar-refractivity contribution in [1.82, 2.24) is 10.2 Å². The molecule has 0 saturated heterocycles. The lowest BCUT2D eigenvalue weighted by atomic mass is 9.73. The summed E-state index contributed by atoms with van der Waals surface area (Å²) in [7, 11) is 0. The van der Waals surface area contributed by atoms with Gasteiger partial charge in [0.05, 0.1) is 27.1 Å². The lowest BCUT2D eigenvalue weighted by Gasteiger charge is -2.41. The second-order valence-corrected chi connectivity index (χ2v) is 10.3. The number of hydrogen-bond acceptors (Lipinski definition) is 5. The molecule has 0 saturated carbocycles. The molecule has 0 bridgehead atoms. The number of benzene rings is 3. The first-order valence-electron chi connectivity index (χ1n) is 11.4. The lowest BCUT2D eigenvalue weighted by molar-refractivity contribution is 0.399. The third-order valence-corrected chi connectivity index (χ3v) is 8.41. The first-order chi connectivity index (χ1) is 18.2. The minimum absolute atomic E-state index is 0.0224. The van der Waals surface area contributed by atoms with Crippen LogP contribution in [0.5, 0.6) is 0 Å². The van der Waals surface area contributed by atoms with E-state index in [0.717, 1.165) is 30.1 Å². The Balaban J connectivity index is 1.71. The van der Waals surface area contributed by atoms with Crippen LogP contribution in [0.4, 0.5) is 27.6 Å². The van der Waals surface area contributed by atoms with Crippen LogP contribution in [-0.2, 0) is 4.75 Å². The van der Waals surface area contributed by atoms with Crippen LogP contribution in [0.2, 0.25) is 0 Å². The number of nitrogens with one attached hydrogen (secondary N) is 2. The van der Waals surface area contributed by atoms with Gasteiger partial charge in [0.15, 0.2) is 0 Å². The molecule has 190 valence electrons. The predicted molar refractivity (Wildman–Crippen MR) is 132 cm³/mol. The Bertz CT molecular complexity index is 1760. The number of H-pyrrole nitrogens is 1. The van der Waals surface area contributed by atoms with Crippen molar-refractivity contribution in [1.29, 1.82) is 5.26 Å². The lowest BCUT2D eigenvalue weighted by Crippen LogP contribution is -2.37. The molecule has 1 aliphatic heterocycles.